The third-order valence-corrected chi connectivity index (χ3v) is 4.06. The van der Waals surface area contributed by atoms with Crippen molar-refractivity contribution in [3.8, 4) is 5.75 Å². The van der Waals surface area contributed by atoms with Gasteiger partial charge in [0.2, 0.25) is 0 Å². The van der Waals surface area contributed by atoms with Gasteiger partial charge in [-0.05, 0) is 59.7 Å². The molecule has 0 fully saturated rings. The highest BCUT2D eigenvalue weighted by Gasteiger charge is 2.00. The van der Waals surface area contributed by atoms with Gasteiger partial charge in [0.15, 0.2) is 0 Å². The molecule has 0 heterocycles. The fraction of sp³-hybridized carbons (Fsp3) is 0.100. The summed E-state index contributed by atoms with van der Waals surface area (Å²) in [4.78, 5) is 0. The topological polar surface area (TPSA) is 21.3 Å². The standard InChI is InChI=1S/C20H17BrFNO/c21-17-7-9-19(10-8-17)23-13-15-3-2-6-20(12-15)24-14-16-4-1-5-18(22)11-16/h1-12,23H,13-14H2. The molecule has 0 aliphatic heterocycles. The Morgan fingerprint density at radius 2 is 1.62 bits per heavy atom. The van der Waals surface area contributed by atoms with Crippen LogP contribution in [0, 0.1) is 5.82 Å². The van der Waals surface area contributed by atoms with Crippen LogP contribution >= 0.6 is 15.9 Å². The van der Waals surface area contributed by atoms with Gasteiger partial charge < -0.3 is 10.1 Å². The molecule has 0 unspecified atom stereocenters. The van der Waals surface area contributed by atoms with Gasteiger partial charge in [0.1, 0.15) is 18.2 Å². The van der Waals surface area contributed by atoms with Gasteiger partial charge in [-0.1, -0.05) is 40.2 Å². The second kappa shape index (κ2) is 7.97. The van der Waals surface area contributed by atoms with Gasteiger partial charge in [0, 0.05) is 16.7 Å². The molecule has 3 rings (SSSR count). The van der Waals surface area contributed by atoms with Crippen LogP contribution in [0.1, 0.15) is 11.1 Å². The number of anilines is 1. The van der Waals surface area contributed by atoms with E-state index in [0.717, 1.165) is 27.0 Å². The fourth-order valence-corrected chi connectivity index (χ4v) is 2.57. The van der Waals surface area contributed by atoms with Crippen molar-refractivity contribution in [1.29, 1.82) is 0 Å². The van der Waals surface area contributed by atoms with Crippen LogP contribution in [0.4, 0.5) is 10.1 Å². The van der Waals surface area contributed by atoms with Crippen molar-refractivity contribution in [2.45, 2.75) is 13.2 Å². The van der Waals surface area contributed by atoms with E-state index in [-0.39, 0.29) is 5.82 Å². The molecule has 0 aliphatic carbocycles. The number of halogens is 2. The van der Waals surface area contributed by atoms with Crippen molar-refractivity contribution < 1.29 is 9.13 Å². The highest BCUT2D eigenvalue weighted by molar-refractivity contribution is 9.10. The van der Waals surface area contributed by atoms with Crippen LogP contribution in [0.5, 0.6) is 5.75 Å². The van der Waals surface area contributed by atoms with Crippen molar-refractivity contribution in [3.05, 3.63) is 94.2 Å². The normalized spacial score (nSPS) is 10.4. The van der Waals surface area contributed by atoms with Gasteiger partial charge in [-0.15, -0.1) is 0 Å². The van der Waals surface area contributed by atoms with Crippen molar-refractivity contribution in [2.24, 2.45) is 0 Å². The van der Waals surface area contributed by atoms with Gasteiger partial charge in [0.05, 0.1) is 0 Å². The first-order chi connectivity index (χ1) is 11.7. The number of ether oxygens (including phenoxy) is 1. The lowest BCUT2D eigenvalue weighted by Crippen LogP contribution is -2.00. The van der Waals surface area contributed by atoms with Gasteiger partial charge >= 0.3 is 0 Å². The van der Waals surface area contributed by atoms with E-state index >= 15 is 0 Å². The number of rotatable bonds is 6. The summed E-state index contributed by atoms with van der Waals surface area (Å²) in [6, 6.07) is 22.4. The molecule has 2 nitrogen and oxygen atoms in total. The summed E-state index contributed by atoms with van der Waals surface area (Å²) in [5.74, 6) is 0.526. The van der Waals surface area contributed by atoms with Gasteiger partial charge in [-0.2, -0.15) is 0 Å². The van der Waals surface area contributed by atoms with E-state index in [0.29, 0.717) is 13.2 Å². The molecule has 4 heteroatoms. The smallest absolute Gasteiger partial charge is 0.123 e. The molecule has 3 aromatic rings. The Morgan fingerprint density at radius 3 is 2.42 bits per heavy atom. The van der Waals surface area contributed by atoms with Crippen LogP contribution in [0.25, 0.3) is 0 Å². The molecule has 0 radical (unpaired) electrons. The van der Waals surface area contributed by atoms with Gasteiger partial charge in [-0.3, -0.25) is 0 Å². The van der Waals surface area contributed by atoms with Crippen LogP contribution in [-0.4, -0.2) is 0 Å². The monoisotopic (exact) mass is 385 g/mol. The summed E-state index contributed by atoms with van der Waals surface area (Å²) in [5.41, 5.74) is 2.99. The largest absolute Gasteiger partial charge is 0.489 e. The number of hydrogen-bond donors (Lipinski definition) is 1. The molecule has 122 valence electrons. The molecule has 0 bridgehead atoms. The highest BCUT2D eigenvalue weighted by atomic mass is 79.9. The van der Waals surface area contributed by atoms with E-state index in [2.05, 4.69) is 21.2 Å². The molecule has 0 atom stereocenters. The molecule has 0 aromatic heterocycles. The molecule has 0 saturated heterocycles. The summed E-state index contributed by atoms with van der Waals surface area (Å²) in [6.45, 7) is 1.06. The average Bonchev–Trinajstić information content (AvgIpc) is 2.60. The van der Waals surface area contributed by atoms with Crippen LogP contribution in [0.3, 0.4) is 0 Å². The van der Waals surface area contributed by atoms with Crippen molar-refractivity contribution in [2.75, 3.05) is 5.32 Å². The zero-order chi connectivity index (χ0) is 16.8. The van der Waals surface area contributed by atoms with Crippen LogP contribution in [-0.2, 0) is 13.2 Å². The van der Waals surface area contributed by atoms with E-state index < -0.39 is 0 Å². The Balaban J connectivity index is 1.58. The van der Waals surface area contributed by atoms with Crippen molar-refractivity contribution >= 4 is 21.6 Å². The van der Waals surface area contributed by atoms with Crippen LogP contribution in [0.2, 0.25) is 0 Å². The Kier molecular flexibility index (Phi) is 5.49. The lowest BCUT2D eigenvalue weighted by molar-refractivity contribution is 0.305. The zero-order valence-electron chi connectivity index (χ0n) is 13.0. The SMILES string of the molecule is Fc1cccc(COc2cccc(CNc3ccc(Br)cc3)c2)c1. The van der Waals surface area contributed by atoms with Gasteiger partial charge in [0.25, 0.3) is 0 Å². The molecule has 0 amide bonds. The lowest BCUT2D eigenvalue weighted by Gasteiger charge is -2.10. The summed E-state index contributed by atoms with van der Waals surface area (Å²) >= 11 is 3.42. The molecule has 24 heavy (non-hydrogen) atoms. The highest BCUT2D eigenvalue weighted by Crippen LogP contribution is 2.18. The van der Waals surface area contributed by atoms with E-state index in [4.69, 9.17) is 4.74 Å². The average molecular weight is 386 g/mol. The third kappa shape index (κ3) is 4.83. The fourth-order valence-electron chi connectivity index (χ4n) is 2.31. The minimum Gasteiger partial charge on any atom is -0.489 e. The molecular weight excluding hydrogens is 369 g/mol. The second-order valence-electron chi connectivity index (χ2n) is 5.43. The first-order valence-electron chi connectivity index (χ1n) is 7.65. The zero-order valence-corrected chi connectivity index (χ0v) is 14.6. The summed E-state index contributed by atoms with van der Waals surface area (Å²) in [7, 11) is 0. The number of benzene rings is 3. The Morgan fingerprint density at radius 1 is 0.875 bits per heavy atom. The molecule has 1 N–H and O–H groups in total. The van der Waals surface area contributed by atoms with Crippen LogP contribution in [0.15, 0.2) is 77.3 Å². The molecule has 0 aliphatic rings. The summed E-state index contributed by atoms with van der Waals surface area (Å²) in [6.07, 6.45) is 0. The third-order valence-electron chi connectivity index (χ3n) is 3.53. The Hall–Kier alpha value is -2.33. The second-order valence-corrected chi connectivity index (χ2v) is 6.34. The molecule has 3 aromatic carbocycles. The minimum atomic E-state index is -0.247. The predicted molar refractivity (Wildman–Crippen MR) is 98.6 cm³/mol. The predicted octanol–water partition coefficient (Wildman–Crippen LogP) is 5.78. The maximum atomic E-state index is 13.2. The van der Waals surface area contributed by atoms with Crippen molar-refractivity contribution in [3.63, 3.8) is 0 Å². The molecule has 0 saturated carbocycles. The van der Waals surface area contributed by atoms with E-state index in [1.54, 1.807) is 6.07 Å². The number of hydrogen-bond acceptors (Lipinski definition) is 2. The maximum Gasteiger partial charge on any atom is 0.123 e. The van der Waals surface area contributed by atoms with Crippen LogP contribution < -0.4 is 10.1 Å². The molecular formula is C20H17BrFNO. The number of nitrogens with one attached hydrogen (secondary N) is 1. The summed E-state index contributed by atoms with van der Waals surface area (Å²) < 4.78 is 20.0. The minimum absolute atomic E-state index is 0.247. The van der Waals surface area contributed by atoms with E-state index in [1.807, 2.05) is 54.6 Å². The first-order valence-corrected chi connectivity index (χ1v) is 8.44. The Labute approximate surface area is 149 Å². The quantitative estimate of drug-likeness (QED) is 0.580. The van der Waals surface area contributed by atoms with E-state index in [9.17, 15) is 4.39 Å². The summed E-state index contributed by atoms with van der Waals surface area (Å²) in [5, 5.41) is 3.37. The first kappa shape index (κ1) is 16.5. The van der Waals surface area contributed by atoms with Crippen molar-refractivity contribution in [1.82, 2.24) is 0 Å². The molecule has 0 spiro atoms. The van der Waals surface area contributed by atoms with Gasteiger partial charge in [-0.25, -0.2) is 4.39 Å². The maximum absolute atomic E-state index is 13.2. The lowest BCUT2D eigenvalue weighted by atomic mass is 10.2. The van der Waals surface area contributed by atoms with E-state index in [1.165, 1.54) is 12.1 Å². The Bertz CT molecular complexity index is 805.